The molecule has 0 aliphatic carbocycles. The minimum Gasteiger partial charge on any atom is -0.405 e. The SMILES string of the molecule is O=C1Nc2cc(Cl)ccc2C1=Cc1ccccc1OC(F)(F)F. The van der Waals surface area contributed by atoms with E-state index in [9.17, 15) is 18.0 Å². The summed E-state index contributed by atoms with van der Waals surface area (Å²) in [6.07, 6.45) is -3.45. The number of rotatable bonds is 2. The topological polar surface area (TPSA) is 38.3 Å². The van der Waals surface area contributed by atoms with E-state index < -0.39 is 12.3 Å². The molecule has 0 aromatic heterocycles. The van der Waals surface area contributed by atoms with Gasteiger partial charge in [0, 0.05) is 21.7 Å². The number of carbonyl (C=O) groups is 1. The summed E-state index contributed by atoms with van der Waals surface area (Å²) < 4.78 is 41.4. The van der Waals surface area contributed by atoms with Gasteiger partial charge in [0.15, 0.2) is 0 Å². The first-order valence-electron chi connectivity index (χ1n) is 6.51. The zero-order valence-electron chi connectivity index (χ0n) is 11.4. The van der Waals surface area contributed by atoms with E-state index in [-0.39, 0.29) is 16.9 Å². The largest absolute Gasteiger partial charge is 0.573 e. The Kier molecular flexibility index (Phi) is 3.77. The van der Waals surface area contributed by atoms with Gasteiger partial charge in [0.2, 0.25) is 0 Å². The van der Waals surface area contributed by atoms with Crippen molar-refractivity contribution in [1.29, 1.82) is 0 Å². The molecule has 1 amide bonds. The molecule has 1 N–H and O–H groups in total. The first-order valence-corrected chi connectivity index (χ1v) is 6.89. The number of hydrogen-bond donors (Lipinski definition) is 1. The number of fused-ring (bicyclic) bond motifs is 1. The number of halogens is 4. The molecule has 0 spiro atoms. The van der Waals surface area contributed by atoms with Crippen molar-refractivity contribution >= 4 is 34.8 Å². The molecule has 2 aromatic rings. The van der Waals surface area contributed by atoms with Gasteiger partial charge in [-0.25, -0.2) is 0 Å². The van der Waals surface area contributed by atoms with Crippen molar-refractivity contribution in [3.05, 3.63) is 58.6 Å². The van der Waals surface area contributed by atoms with E-state index in [4.69, 9.17) is 11.6 Å². The van der Waals surface area contributed by atoms with Gasteiger partial charge in [0.05, 0.1) is 5.69 Å². The summed E-state index contributed by atoms with van der Waals surface area (Å²) in [7, 11) is 0. The first kappa shape index (κ1) is 15.4. The molecule has 0 fully saturated rings. The molecule has 0 unspecified atom stereocenters. The number of alkyl halides is 3. The molecular formula is C16H9ClF3NO2. The zero-order chi connectivity index (χ0) is 16.6. The van der Waals surface area contributed by atoms with Gasteiger partial charge < -0.3 is 10.1 Å². The maximum atomic E-state index is 12.5. The highest BCUT2D eigenvalue weighted by molar-refractivity contribution is 6.36. The van der Waals surface area contributed by atoms with Crippen molar-refractivity contribution in [3.63, 3.8) is 0 Å². The molecule has 118 valence electrons. The highest BCUT2D eigenvalue weighted by Crippen LogP contribution is 2.36. The molecule has 23 heavy (non-hydrogen) atoms. The van der Waals surface area contributed by atoms with Gasteiger partial charge >= 0.3 is 6.36 Å². The normalized spacial score (nSPS) is 15.5. The zero-order valence-corrected chi connectivity index (χ0v) is 12.2. The number of para-hydroxylation sites is 1. The predicted octanol–water partition coefficient (Wildman–Crippen LogP) is 4.73. The van der Waals surface area contributed by atoms with E-state index in [2.05, 4.69) is 10.1 Å². The number of hydrogen-bond acceptors (Lipinski definition) is 2. The Hall–Kier alpha value is -2.47. The van der Waals surface area contributed by atoms with Crippen LogP contribution < -0.4 is 10.1 Å². The van der Waals surface area contributed by atoms with Gasteiger partial charge in [0.1, 0.15) is 5.75 Å². The Morgan fingerprint density at radius 2 is 1.87 bits per heavy atom. The van der Waals surface area contributed by atoms with Crippen LogP contribution in [0.15, 0.2) is 42.5 Å². The molecule has 3 rings (SSSR count). The standard InChI is InChI=1S/C16H9ClF3NO2/c17-10-5-6-11-12(15(22)21-13(11)8-10)7-9-3-1-2-4-14(9)23-16(18,19)20/h1-8H,(H,21,22). The van der Waals surface area contributed by atoms with E-state index in [0.29, 0.717) is 16.3 Å². The van der Waals surface area contributed by atoms with Crippen LogP contribution in [0.25, 0.3) is 11.6 Å². The van der Waals surface area contributed by atoms with E-state index in [1.54, 1.807) is 24.3 Å². The third-order valence-electron chi connectivity index (χ3n) is 3.21. The Morgan fingerprint density at radius 3 is 2.61 bits per heavy atom. The lowest BCUT2D eigenvalue weighted by Gasteiger charge is -2.11. The molecule has 0 saturated heterocycles. The number of amides is 1. The predicted molar refractivity (Wildman–Crippen MR) is 81.1 cm³/mol. The van der Waals surface area contributed by atoms with Crippen LogP contribution in [0, 0.1) is 0 Å². The molecule has 1 aliphatic rings. The summed E-state index contributed by atoms with van der Waals surface area (Å²) in [5.41, 5.74) is 1.48. The van der Waals surface area contributed by atoms with Gasteiger partial charge in [-0.1, -0.05) is 35.9 Å². The average Bonchev–Trinajstić information content (AvgIpc) is 2.74. The van der Waals surface area contributed by atoms with Gasteiger partial charge in [-0.05, 0) is 24.3 Å². The van der Waals surface area contributed by atoms with Crippen molar-refractivity contribution in [2.75, 3.05) is 5.32 Å². The van der Waals surface area contributed by atoms with Crippen LogP contribution in [0.4, 0.5) is 18.9 Å². The second-order valence-corrected chi connectivity index (χ2v) is 5.22. The second-order valence-electron chi connectivity index (χ2n) is 4.79. The number of carbonyl (C=O) groups excluding carboxylic acids is 1. The lowest BCUT2D eigenvalue weighted by molar-refractivity contribution is -0.274. The van der Waals surface area contributed by atoms with Crippen molar-refractivity contribution in [2.24, 2.45) is 0 Å². The van der Waals surface area contributed by atoms with Crippen LogP contribution in [-0.4, -0.2) is 12.3 Å². The van der Waals surface area contributed by atoms with Crippen LogP contribution in [0.1, 0.15) is 11.1 Å². The molecule has 1 aliphatic heterocycles. The lowest BCUT2D eigenvalue weighted by atomic mass is 10.0. The minimum atomic E-state index is -4.81. The summed E-state index contributed by atoms with van der Waals surface area (Å²) >= 11 is 5.86. The van der Waals surface area contributed by atoms with Crippen molar-refractivity contribution in [3.8, 4) is 5.75 Å². The Bertz CT molecular complexity index is 815. The summed E-state index contributed by atoms with van der Waals surface area (Å²) in [5.74, 6) is -0.785. The first-order chi connectivity index (χ1) is 10.8. The molecule has 1 heterocycles. The van der Waals surface area contributed by atoms with E-state index >= 15 is 0 Å². The molecule has 3 nitrogen and oxygen atoms in total. The molecule has 0 atom stereocenters. The van der Waals surface area contributed by atoms with Crippen LogP contribution in [0.5, 0.6) is 5.75 Å². The van der Waals surface area contributed by atoms with Crippen molar-refractivity contribution < 1.29 is 22.7 Å². The van der Waals surface area contributed by atoms with E-state index in [1.807, 2.05) is 0 Å². The third kappa shape index (κ3) is 3.32. The average molecular weight is 340 g/mol. The number of benzene rings is 2. The molecule has 0 bridgehead atoms. The van der Waals surface area contributed by atoms with Crippen LogP contribution in [0.3, 0.4) is 0 Å². The van der Waals surface area contributed by atoms with Crippen LogP contribution >= 0.6 is 11.6 Å². The van der Waals surface area contributed by atoms with Gasteiger partial charge in [0.25, 0.3) is 5.91 Å². The fraction of sp³-hybridized carbons (Fsp3) is 0.0625. The van der Waals surface area contributed by atoms with Gasteiger partial charge in [-0.15, -0.1) is 13.2 Å². The Labute approximate surface area is 134 Å². The highest BCUT2D eigenvalue weighted by Gasteiger charge is 2.32. The maximum absolute atomic E-state index is 12.5. The van der Waals surface area contributed by atoms with Crippen molar-refractivity contribution in [2.45, 2.75) is 6.36 Å². The molecule has 0 radical (unpaired) electrons. The number of anilines is 1. The van der Waals surface area contributed by atoms with Gasteiger partial charge in [-0.3, -0.25) is 4.79 Å². The highest BCUT2D eigenvalue weighted by atomic mass is 35.5. The summed E-state index contributed by atoms with van der Waals surface area (Å²) in [4.78, 5) is 12.1. The second kappa shape index (κ2) is 5.62. The van der Waals surface area contributed by atoms with E-state index in [0.717, 1.165) is 0 Å². The van der Waals surface area contributed by atoms with Crippen LogP contribution in [0.2, 0.25) is 5.02 Å². The summed E-state index contributed by atoms with van der Waals surface area (Å²) in [5, 5.41) is 3.07. The fourth-order valence-corrected chi connectivity index (χ4v) is 2.46. The molecular weight excluding hydrogens is 331 g/mol. The quantitative estimate of drug-likeness (QED) is 0.803. The summed E-state index contributed by atoms with van der Waals surface area (Å²) in [6, 6.07) is 10.4. The molecule has 7 heteroatoms. The molecule has 2 aromatic carbocycles. The summed E-state index contributed by atoms with van der Waals surface area (Å²) in [6.45, 7) is 0. The maximum Gasteiger partial charge on any atom is 0.573 e. The fourth-order valence-electron chi connectivity index (χ4n) is 2.28. The Balaban J connectivity index is 2.05. The minimum absolute atomic E-state index is 0.151. The monoisotopic (exact) mass is 339 g/mol. The van der Waals surface area contributed by atoms with E-state index in [1.165, 1.54) is 24.3 Å². The van der Waals surface area contributed by atoms with Crippen molar-refractivity contribution in [1.82, 2.24) is 0 Å². The van der Waals surface area contributed by atoms with Crippen LogP contribution in [-0.2, 0) is 4.79 Å². The lowest BCUT2D eigenvalue weighted by Crippen LogP contribution is -2.17. The molecule has 0 saturated carbocycles. The Morgan fingerprint density at radius 1 is 1.13 bits per heavy atom. The van der Waals surface area contributed by atoms with Gasteiger partial charge in [-0.2, -0.15) is 0 Å². The third-order valence-corrected chi connectivity index (χ3v) is 3.44. The number of nitrogens with one attached hydrogen (secondary N) is 1. The number of ether oxygens (including phenoxy) is 1. The smallest absolute Gasteiger partial charge is 0.405 e.